The molecule has 0 spiro atoms. The maximum atomic E-state index is 11.7. The molecule has 0 bridgehead atoms. The van der Waals surface area contributed by atoms with Crippen molar-refractivity contribution in [2.24, 2.45) is 0 Å². The van der Waals surface area contributed by atoms with Crippen molar-refractivity contribution in [3.8, 4) is 5.75 Å². The van der Waals surface area contributed by atoms with E-state index in [0.29, 0.717) is 31.2 Å². The second-order valence-electron chi connectivity index (χ2n) is 4.82. The van der Waals surface area contributed by atoms with Crippen molar-refractivity contribution in [3.63, 3.8) is 0 Å². The summed E-state index contributed by atoms with van der Waals surface area (Å²) in [5.74, 6) is 0.421. The van der Waals surface area contributed by atoms with Crippen LogP contribution in [-0.2, 0) is 14.3 Å². The van der Waals surface area contributed by atoms with Crippen LogP contribution in [0.5, 0.6) is 5.75 Å². The number of ether oxygens (including phenoxy) is 3. The fourth-order valence-corrected chi connectivity index (χ4v) is 1.98. The molecule has 1 amide bonds. The van der Waals surface area contributed by atoms with Gasteiger partial charge in [0, 0.05) is 32.4 Å². The molecule has 1 aromatic carbocycles. The van der Waals surface area contributed by atoms with E-state index >= 15 is 0 Å². The normalized spacial score (nSPS) is 21.6. The van der Waals surface area contributed by atoms with Crippen molar-refractivity contribution < 1.29 is 19.0 Å². The quantitative estimate of drug-likeness (QED) is 0.744. The van der Waals surface area contributed by atoms with Crippen LogP contribution >= 0.6 is 0 Å². The zero-order valence-electron chi connectivity index (χ0n) is 11.6. The van der Waals surface area contributed by atoms with Gasteiger partial charge in [0.05, 0.1) is 6.61 Å². The molecular formula is C14H20N2O4. The number of nitrogens with two attached hydrogens (primary N) is 1. The predicted octanol–water partition coefficient (Wildman–Crippen LogP) is 0.569. The summed E-state index contributed by atoms with van der Waals surface area (Å²) in [5.41, 5.74) is 5.82. The molecule has 2 rings (SSSR count). The third-order valence-electron chi connectivity index (χ3n) is 3.36. The molecular weight excluding hydrogens is 260 g/mol. The molecule has 1 aliphatic rings. The molecule has 1 unspecified atom stereocenters. The Balaban J connectivity index is 1.74. The van der Waals surface area contributed by atoms with E-state index in [4.69, 9.17) is 19.9 Å². The zero-order chi connectivity index (χ0) is 14.4. The smallest absolute Gasteiger partial charge is 0.258 e. The van der Waals surface area contributed by atoms with Gasteiger partial charge in [0.2, 0.25) is 0 Å². The van der Waals surface area contributed by atoms with E-state index in [1.54, 1.807) is 31.4 Å². The number of carbonyl (C=O) groups is 1. The van der Waals surface area contributed by atoms with Gasteiger partial charge in [0.15, 0.2) is 6.61 Å². The van der Waals surface area contributed by atoms with Gasteiger partial charge in [-0.15, -0.1) is 0 Å². The Morgan fingerprint density at radius 2 is 2.20 bits per heavy atom. The summed E-state index contributed by atoms with van der Waals surface area (Å²) in [5, 5.41) is 2.80. The number of amides is 1. The lowest BCUT2D eigenvalue weighted by atomic mass is 10.0. The molecule has 1 fully saturated rings. The standard InChI is InChI=1S/C14H20N2O4/c1-18-14(6-7-19-10-14)9-16-13(17)8-20-12-4-2-11(15)3-5-12/h2-5H,6-10,15H2,1H3,(H,16,17). The second-order valence-corrected chi connectivity index (χ2v) is 4.82. The SMILES string of the molecule is COC1(CNC(=O)COc2ccc(N)cc2)CCOC1. The molecule has 0 radical (unpaired) electrons. The Labute approximate surface area is 118 Å². The number of benzene rings is 1. The van der Waals surface area contributed by atoms with Gasteiger partial charge in [0.1, 0.15) is 11.4 Å². The number of methoxy groups -OCH3 is 1. The van der Waals surface area contributed by atoms with E-state index in [1.807, 2.05) is 0 Å². The highest BCUT2D eigenvalue weighted by Gasteiger charge is 2.35. The van der Waals surface area contributed by atoms with E-state index < -0.39 is 5.60 Å². The topological polar surface area (TPSA) is 82.8 Å². The molecule has 6 nitrogen and oxygen atoms in total. The molecule has 3 N–H and O–H groups in total. The summed E-state index contributed by atoms with van der Waals surface area (Å²) in [6.07, 6.45) is 0.780. The fraction of sp³-hybridized carbons (Fsp3) is 0.500. The van der Waals surface area contributed by atoms with Crippen molar-refractivity contribution in [2.75, 3.05) is 39.2 Å². The van der Waals surface area contributed by atoms with Gasteiger partial charge in [-0.05, 0) is 24.3 Å². The first-order valence-electron chi connectivity index (χ1n) is 6.51. The molecule has 1 atom stereocenters. The third-order valence-corrected chi connectivity index (χ3v) is 3.36. The van der Waals surface area contributed by atoms with E-state index in [2.05, 4.69) is 5.32 Å². The number of anilines is 1. The van der Waals surface area contributed by atoms with Crippen molar-refractivity contribution in [1.82, 2.24) is 5.32 Å². The molecule has 1 aromatic rings. The van der Waals surface area contributed by atoms with Gasteiger partial charge < -0.3 is 25.3 Å². The van der Waals surface area contributed by atoms with Crippen LogP contribution in [0.4, 0.5) is 5.69 Å². The number of carbonyl (C=O) groups excluding carboxylic acids is 1. The van der Waals surface area contributed by atoms with Gasteiger partial charge in [-0.2, -0.15) is 0 Å². The average Bonchev–Trinajstić information content (AvgIpc) is 2.94. The lowest BCUT2D eigenvalue weighted by molar-refractivity contribution is -0.124. The van der Waals surface area contributed by atoms with Crippen LogP contribution < -0.4 is 15.8 Å². The molecule has 0 aliphatic carbocycles. The molecule has 0 aromatic heterocycles. The summed E-state index contributed by atoms with van der Waals surface area (Å²) in [4.78, 5) is 11.7. The van der Waals surface area contributed by atoms with Crippen molar-refractivity contribution in [2.45, 2.75) is 12.0 Å². The highest BCUT2D eigenvalue weighted by molar-refractivity contribution is 5.77. The fourth-order valence-electron chi connectivity index (χ4n) is 1.98. The Hall–Kier alpha value is -1.79. The first-order chi connectivity index (χ1) is 9.63. The Bertz CT molecular complexity index is 441. The van der Waals surface area contributed by atoms with Crippen molar-refractivity contribution in [3.05, 3.63) is 24.3 Å². The summed E-state index contributed by atoms with van der Waals surface area (Å²) in [6, 6.07) is 6.90. The number of hydrogen-bond donors (Lipinski definition) is 2. The summed E-state index contributed by atoms with van der Waals surface area (Å²) >= 11 is 0. The summed E-state index contributed by atoms with van der Waals surface area (Å²) < 4.78 is 16.1. The highest BCUT2D eigenvalue weighted by Crippen LogP contribution is 2.21. The van der Waals surface area contributed by atoms with Crippen LogP contribution in [0.15, 0.2) is 24.3 Å². The van der Waals surface area contributed by atoms with Crippen LogP contribution in [0.3, 0.4) is 0 Å². The molecule has 20 heavy (non-hydrogen) atoms. The van der Waals surface area contributed by atoms with Crippen molar-refractivity contribution in [1.29, 1.82) is 0 Å². The molecule has 6 heteroatoms. The van der Waals surface area contributed by atoms with Crippen LogP contribution in [0, 0.1) is 0 Å². The Morgan fingerprint density at radius 3 is 2.80 bits per heavy atom. The zero-order valence-corrected chi connectivity index (χ0v) is 11.6. The van der Waals surface area contributed by atoms with Crippen LogP contribution in [0.25, 0.3) is 0 Å². The van der Waals surface area contributed by atoms with Gasteiger partial charge >= 0.3 is 0 Å². The highest BCUT2D eigenvalue weighted by atomic mass is 16.5. The van der Waals surface area contributed by atoms with Crippen LogP contribution in [0.1, 0.15) is 6.42 Å². The first kappa shape index (κ1) is 14.6. The molecule has 1 heterocycles. The average molecular weight is 280 g/mol. The van der Waals surface area contributed by atoms with Crippen molar-refractivity contribution >= 4 is 11.6 Å². The molecule has 110 valence electrons. The second kappa shape index (κ2) is 6.58. The summed E-state index contributed by atoms with van der Waals surface area (Å²) in [7, 11) is 1.63. The maximum Gasteiger partial charge on any atom is 0.258 e. The van der Waals surface area contributed by atoms with Gasteiger partial charge in [-0.1, -0.05) is 0 Å². The van der Waals surface area contributed by atoms with E-state index in [-0.39, 0.29) is 12.5 Å². The Kier molecular flexibility index (Phi) is 4.81. The predicted molar refractivity (Wildman–Crippen MR) is 74.5 cm³/mol. The van der Waals surface area contributed by atoms with Gasteiger partial charge in [-0.25, -0.2) is 0 Å². The Morgan fingerprint density at radius 1 is 1.45 bits per heavy atom. The minimum absolute atomic E-state index is 0.0371. The number of hydrogen-bond acceptors (Lipinski definition) is 5. The third kappa shape index (κ3) is 3.85. The maximum absolute atomic E-state index is 11.7. The van der Waals surface area contributed by atoms with E-state index in [0.717, 1.165) is 6.42 Å². The summed E-state index contributed by atoms with van der Waals surface area (Å²) in [6.45, 7) is 1.55. The first-order valence-corrected chi connectivity index (χ1v) is 6.51. The van der Waals surface area contributed by atoms with E-state index in [1.165, 1.54) is 0 Å². The van der Waals surface area contributed by atoms with E-state index in [9.17, 15) is 4.79 Å². The van der Waals surface area contributed by atoms with Gasteiger partial charge in [-0.3, -0.25) is 4.79 Å². The monoisotopic (exact) mass is 280 g/mol. The minimum Gasteiger partial charge on any atom is -0.484 e. The van der Waals surface area contributed by atoms with Crippen LogP contribution in [-0.4, -0.2) is 45.0 Å². The van der Waals surface area contributed by atoms with Gasteiger partial charge in [0.25, 0.3) is 5.91 Å². The number of nitrogen functional groups attached to an aromatic ring is 1. The minimum atomic E-state index is -0.406. The molecule has 0 saturated carbocycles. The number of rotatable bonds is 6. The molecule has 1 aliphatic heterocycles. The lowest BCUT2D eigenvalue weighted by Gasteiger charge is -2.25. The lowest BCUT2D eigenvalue weighted by Crippen LogP contribution is -2.46. The molecule has 1 saturated heterocycles. The largest absolute Gasteiger partial charge is 0.484 e. The van der Waals surface area contributed by atoms with Crippen LogP contribution in [0.2, 0.25) is 0 Å². The number of nitrogens with one attached hydrogen (secondary N) is 1.